The molecule has 0 amide bonds. The molecule has 0 nitrogen and oxygen atoms in total. The number of halogens is 2. The van der Waals surface area contributed by atoms with E-state index in [2.05, 4.69) is 130 Å². The molecule has 0 spiro atoms. The quantitative estimate of drug-likeness (QED) is 0.315. The first kappa shape index (κ1) is 32.9. The standard InChI is InChI=1S/C17H13.C10H15.C7H6.2ClH.Zr/c1-3-12-5-7-14-11-15-8-6-13(4-2)10-17(15)16(14)9-12;1-8-5-6-9(7-8)10(2,3)4;1-7-5-3-2-4-6-7;;;/h3-11H,1-2H2;6-8H,1-4H3;1-6H;2*1H;/q2*-1;;;;+2/p-2. The minimum absolute atomic E-state index is 0. The third-order valence-corrected chi connectivity index (χ3v) is 6.81. The Balaban J connectivity index is 0.000000295. The van der Waals surface area contributed by atoms with Crippen molar-refractivity contribution in [1.29, 1.82) is 0 Å². The number of allylic oxidation sites excluding steroid dienone is 4. The van der Waals surface area contributed by atoms with Crippen LogP contribution in [0.5, 0.6) is 0 Å². The van der Waals surface area contributed by atoms with E-state index in [1.807, 2.05) is 18.2 Å². The second kappa shape index (κ2) is 15.3. The summed E-state index contributed by atoms with van der Waals surface area (Å²) in [6.45, 7) is 16.5. The van der Waals surface area contributed by atoms with Gasteiger partial charge in [0.15, 0.2) is 0 Å². The Bertz CT molecular complexity index is 1320. The summed E-state index contributed by atoms with van der Waals surface area (Å²) in [4.78, 5) is 0. The average molecular weight is 605 g/mol. The van der Waals surface area contributed by atoms with Crippen LogP contribution < -0.4 is 24.8 Å². The van der Waals surface area contributed by atoms with Crippen LogP contribution in [-0.4, -0.2) is 3.71 Å². The predicted octanol–water partition coefficient (Wildman–Crippen LogP) is 3.36. The molecule has 4 aromatic carbocycles. The number of hydrogen-bond acceptors (Lipinski definition) is 0. The fourth-order valence-electron chi connectivity index (χ4n) is 3.89. The first-order chi connectivity index (χ1) is 16.7. The van der Waals surface area contributed by atoms with Crippen LogP contribution in [0.3, 0.4) is 0 Å². The van der Waals surface area contributed by atoms with Crippen LogP contribution in [-0.2, 0) is 24.2 Å². The molecular formula is C34H34Cl2Zr-2. The van der Waals surface area contributed by atoms with E-state index in [1.165, 1.54) is 56.9 Å². The molecule has 5 rings (SSSR count). The van der Waals surface area contributed by atoms with Gasteiger partial charge in [-0.3, -0.25) is 6.08 Å². The first-order valence-corrected chi connectivity index (χ1v) is 13.4. The van der Waals surface area contributed by atoms with Gasteiger partial charge in [0.2, 0.25) is 0 Å². The number of fused-ring (bicyclic) bond motifs is 3. The van der Waals surface area contributed by atoms with Crippen LogP contribution in [0.4, 0.5) is 0 Å². The summed E-state index contributed by atoms with van der Waals surface area (Å²) < 4.78 is 2.17. The molecule has 0 fully saturated rings. The van der Waals surface area contributed by atoms with Crippen molar-refractivity contribution in [1.82, 2.24) is 0 Å². The van der Waals surface area contributed by atoms with Crippen LogP contribution >= 0.6 is 0 Å². The van der Waals surface area contributed by atoms with Crippen LogP contribution in [0.25, 0.3) is 33.7 Å². The fourth-order valence-corrected chi connectivity index (χ4v) is 4.36. The molecule has 0 heterocycles. The van der Waals surface area contributed by atoms with Gasteiger partial charge in [0.25, 0.3) is 0 Å². The van der Waals surface area contributed by atoms with E-state index in [0.29, 0.717) is 11.3 Å². The Morgan fingerprint density at radius 1 is 0.811 bits per heavy atom. The molecule has 0 N–H and O–H groups in total. The summed E-state index contributed by atoms with van der Waals surface area (Å²) in [7, 11) is 0. The molecule has 0 saturated heterocycles. The molecule has 0 aromatic heterocycles. The van der Waals surface area contributed by atoms with E-state index >= 15 is 0 Å². The number of rotatable bonds is 3. The average Bonchev–Trinajstić information content (AvgIpc) is 3.48. The van der Waals surface area contributed by atoms with Gasteiger partial charge in [0.1, 0.15) is 0 Å². The normalized spacial score (nSPS) is 13.7. The summed E-state index contributed by atoms with van der Waals surface area (Å²) in [5.74, 6) is 0.522. The van der Waals surface area contributed by atoms with Gasteiger partial charge in [0.05, 0.1) is 0 Å². The SMILES string of the molecule is C=Cc1ccc2[cH-]c3ccc(C=C)cc3c2c1.CC1[C-]=CC(C(C)(C)C)=C1.[Cl-].[Cl-].[Zr+2]=[CH]c1ccccc1. The van der Waals surface area contributed by atoms with Crippen molar-refractivity contribution in [3.8, 4) is 0 Å². The van der Waals surface area contributed by atoms with Crippen LogP contribution in [0.2, 0.25) is 0 Å². The summed E-state index contributed by atoms with van der Waals surface area (Å²) in [5, 5.41) is 5.15. The molecular weight excluding hydrogens is 571 g/mol. The Morgan fingerprint density at radius 3 is 1.65 bits per heavy atom. The number of benzene rings is 3. The zero-order chi connectivity index (χ0) is 25.4. The van der Waals surface area contributed by atoms with Crippen molar-refractivity contribution in [2.75, 3.05) is 0 Å². The van der Waals surface area contributed by atoms with E-state index in [1.54, 1.807) is 0 Å². The van der Waals surface area contributed by atoms with E-state index in [4.69, 9.17) is 0 Å². The zero-order valence-corrected chi connectivity index (χ0v) is 26.0. The van der Waals surface area contributed by atoms with E-state index in [9.17, 15) is 0 Å². The van der Waals surface area contributed by atoms with Gasteiger partial charge in [-0.1, -0.05) is 88.6 Å². The molecule has 0 bridgehead atoms. The summed E-state index contributed by atoms with van der Waals surface area (Å²) >= 11 is 1.46. The third-order valence-electron chi connectivity index (χ3n) is 5.99. The maximum absolute atomic E-state index is 3.82. The van der Waals surface area contributed by atoms with Gasteiger partial charge in [-0.25, -0.2) is 6.08 Å². The van der Waals surface area contributed by atoms with Gasteiger partial charge in [-0.15, -0.1) is 39.7 Å². The summed E-state index contributed by atoms with van der Waals surface area (Å²) in [5.41, 5.74) is 5.37. The van der Waals surface area contributed by atoms with Crippen LogP contribution in [0.15, 0.2) is 104 Å². The molecule has 3 heteroatoms. The summed E-state index contributed by atoms with van der Waals surface area (Å²) in [6.07, 6.45) is 11.4. The summed E-state index contributed by atoms with van der Waals surface area (Å²) in [6, 6.07) is 25.5. The Labute approximate surface area is 250 Å². The van der Waals surface area contributed by atoms with Gasteiger partial charge in [-0.2, -0.15) is 11.6 Å². The Morgan fingerprint density at radius 2 is 1.32 bits per heavy atom. The van der Waals surface area contributed by atoms with Gasteiger partial charge in [-0.05, 0) is 11.1 Å². The Hall–Kier alpha value is -2.18. The fraction of sp³-hybridized carbons (Fsp3) is 0.176. The molecule has 37 heavy (non-hydrogen) atoms. The molecule has 1 unspecified atom stereocenters. The molecule has 0 aliphatic heterocycles. The molecule has 1 atom stereocenters. The van der Waals surface area contributed by atoms with Gasteiger partial charge in [0, 0.05) is 0 Å². The first-order valence-electron chi connectivity index (χ1n) is 12.0. The molecule has 0 radical (unpaired) electrons. The van der Waals surface area contributed by atoms with E-state index in [0.717, 1.165) is 11.1 Å². The predicted molar refractivity (Wildman–Crippen MR) is 153 cm³/mol. The minimum atomic E-state index is 0. The van der Waals surface area contributed by atoms with Gasteiger partial charge >= 0.3 is 63.8 Å². The van der Waals surface area contributed by atoms with Crippen LogP contribution in [0, 0.1) is 17.4 Å². The molecule has 0 saturated carbocycles. The second-order valence-electron chi connectivity index (χ2n) is 9.77. The van der Waals surface area contributed by atoms with Crippen molar-refractivity contribution in [3.05, 3.63) is 126 Å². The topological polar surface area (TPSA) is 0 Å². The van der Waals surface area contributed by atoms with Crippen molar-refractivity contribution in [2.24, 2.45) is 11.3 Å². The number of hydrogen-bond donors (Lipinski definition) is 0. The Kier molecular flexibility index (Phi) is 13.6. The van der Waals surface area contributed by atoms with Crippen molar-refractivity contribution in [2.45, 2.75) is 27.7 Å². The maximum atomic E-state index is 3.82. The van der Waals surface area contributed by atoms with Gasteiger partial charge < -0.3 is 24.8 Å². The van der Waals surface area contributed by atoms with Crippen molar-refractivity contribution < 1.29 is 49.0 Å². The molecule has 1 aliphatic carbocycles. The zero-order valence-electron chi connectivity index (χ0n) is 22.1. The van der Waals surface area contributed by atoms with E-state index in [-0.39, 0.29) is 24.8 Å². The van der Waals surface area contributed by atoms with Crippen LogP contribution in [0.1, 0.15) is 44.4 Å². The third kappa shape index (κ3) is 9.26. The van der Waals surface area contributed by atoms with E-state index < -0.39 is 0 Å². The van der Waals surface area contributed by atoms with Crippen molar-refractivity contribution >= 4 is 37.4 Å². The monoisotopic (exact) mass is 602 g/mol. The van der Waals surface area contributed by atoms with Crippen molar-refractivity contribution in [3.63, 3.8) is 0 Å². The molecule has 4 aromatic rings. The molecule has 1 aliphatic rings. The molecule has 190 valence electrons. The second-order valence-corrected chi connectivity index (χ2v) is 10.5.